The van der Waals surface area contributed by atoms with Gasteiger partial charge in [-0.05, 0) is 30.7 Å². The Balaban J connectivity index is 2.14. The molecule has 3 N–H and O–H groups in total. The summed E-state index contributed by atoms with van der Waals surface area (Å²) in [6.07, 6.45) is 0. The number of anilines is 1. The second-order valence-electron chi connectivity index (χ2n) is 4.11. The molecule has 2 aromatic rings. The molecule has 0 unspecified atom stereocenters. The minimum Gasteiger partial charge on any atom is -0.380 e. The fraction of sp³-hybridized carbons (Fsp3) is 0.143. The van der Waals surface area contributed by atoms with Crippen LogP contribution in [0.25, 0.3) is 0 Å². The molecular weight excluding hydrogens is 258 g/mol. The second kappa shape index (κ2) is 5.55. The summed E-state index contributed by atoms with van der Waals surface area (Å²) in [7, 11) is 0. The normalized spacial score (nSPS) is 9.89. The van der Waals surface area contributed by atoms with E-state index in [0.717, 1.165) is 16.1 Å². The first kappa shape index (κ1) is 13.1. The van der Waals surface area contributed by atoms with E-state index >= 15 is 0 Å². The zero-order chi connectivity index (χ0) is 13.8. The van der Waals surface area contributed by atoms with Crippen molar-refractivity contribution < 1.29 is 4.79 Å². The molecule has 5 heteroatoms. The van der Waals surface area contributed by atoms with E-state index in [1.165, 1.54) is 11.3 Å². The lowest BCUT2D eigenvalue weighted by atomic mass is 10.1. The SMILES string of the molecule is Cc1c(NCc2cc(C#N)cs2)cccc1C(N)=O. The zero-order valence-electron chi connectivity index (χ0n) is 10.4. The standard InChI is InChI=1S/C14H13N3OS/c1-9-12(14(16)18)3-2-4-13(9)17-7-11-5-10(6-15)8-19-11/h2-5,8,17H,7H2,1H3,(H2,16,18). The molecule has 0 fully saturated rings. The van der Waals surface area contributed by atoms with Gasteiger partial charge in [0, 0.05) is 28.1 Å². The van der Waals surface area contributed by atoms with Crippen molar-refractivity contribution in [1.82, 2.24) is 0 Å². The number of carbonyl (C=O) groups is 1. The van der Waals surface area contributed by atoms with Crippen molar-refractivity contribution in [3.63, 3.8) is 0 Å². The van der Waals surface area contributed by atoms with E-state index in [-0.39, 0.29) is 0 Å². The predicted molar refractivity (Wildman–Crippen MR) is 76.1 cm³/mol. The maximum Gasteiger partial charge on any atom is 0.249 e. The lowest BCUT2D eigenvalue weighted by molar-refractivity contribution is 0.1000. The van der Waals surface area contributed by atoms with Crippen molar-refractivity contribution in [3.05, 3.63) is 51.2 Å². The molecular formula is C14H13N3OS. The lowest BCUT2D eigenvalue weighted by Crippen LogP contribution is -2.13. The third-order valence-electron chi connectivity index (χ3n) is 2.84. The van der Waals surface area contributed by atoms with Crippen LogP contribution in [-0.4, -0.2) is 5.91 Å². The summed E-state index contributed by atoms with van der Waals surface area (Å²) >= 11 is 1.53. The largest absolute Gasteiger partial charge is 0.380 e. The van der Waals surface area contributed by atoms with E-state index in [1.807, 2.05) is 24.4 Å². The molecule has 1 aromatic carbocycles. The topological polar surface area (TPSA) is 78.9 Å². The maximum atomic E-state index is 11.3. The van der Waals surface area contributed by atoms with Crippen LogP contribution in [0.3, 0.4) is 0 Å². The van der Waals surface area contributed by atoms with Crippen molar-refractivity contribution in [1.29, 1.82) is 5.26 Å². The predicted octanol–water partition coefficient (Wildman–Crippen LogP) is 2.64. The quantitative estimate of drug-likeness (QED) is 0.897. The molecule has 0 saturated carbocycles. The fourth-order valence-corrected chi connectivity index (χ4v) is 2.56. The first-order chi connectivity index (χ1) is 9.11. The third kappa shape index (κ3) is 2.92. The van der Waals surface area contributed by atoms with Gasteiger partial charge in [-0.3, -0.25) is 4.79 Å². The maximum absolute atomic E-state index is 11.3. The number of nitrogens with two attached hydrogens (primary N) is 1. The first-order valence-electron chi connectivity index (χ1n) is 5.72. The smallest absolute Gasteiger partial charge is 0.249 e. The average Bonchev–Trinajstić information content (AvgIpc) is 2.85. The Labute approximate surface area is 115 Å². The summed E-state index contributed by atoms with van der Waals surface area (Å²) in [5, 5.41) is 13.8. The lowest BCUT2D eigenvalue weighted by Gasteiger charge is -2.10. The number of hydrogen-bond acceptors (Lipinski definition) is 4. The summed E-state index contributed by atoms with van der Waals surface area (Å²) in [5.74, 6) is -0.427. The van der Waals surface area contributed by atoms with Gasteiger partial charge in [0.25, 0.3) is 0 Å². The Bertz CT molecular complexity index is 655. The monoisotopic (exact) mass is 271 g/mol. The average molecular weight is 271 g/mol. The Morgan fingerprint density at radius 2 is 2.32 bits per heavy atom. The van der Waals surface area contributed by atoms with Crippen LogP contribution in [0.1, 0.15) is 26.4 Å². The van der Waals surface area contributed by atoms with Crippen LogP contribution in [0.5, 0.6) is 0 Å². The van der Waals surface area contributed by atoms with Crippen LogP contribution in [-0.2, 0) is 6.54 Å². The minimum atomic E-state index is -0.427. The van der Waals surface area contributed by atoms with Crippen LogP contribution >= 0.6 is 11.3 Å². The van der Waals surface area contributed by atoms with E-state index in [0.29, 0.717) is 17.7 Å². The molecule has 0 saturated heterocycles. The Kier molecular flexibility index (Phi) is 3.83. The highest BCUT2D eigenvalue weighted by Crippen LogP contribution is 2.21. The van der Waals surface area contributed by atoms with Crippen molar-refractivity contribution in [2.75, 3.05) is 5.32 Å². The van der Waals surface area contributed by atoms with Crippen LogP contribution in [0.15, 0.2) is 29.6 Å². The minimum absolute atomic E-state index is 0.427. The molecule has 19 heavy (non-hydrogen) atoms. The van der Waals surface area contributed by atoms with Gasteiger partial charge in [0.2, 0.25) is 5.91 Å². The van der Waals surface area contributed by atoms with Crippen LogP contribution in [0.2, 0.25) is 0 Å². The summed E-state index contributed by atoms with van der Waals surface area (Å²) in [6, 6.07) is 9.36. The molecule has 0 radical (unpaired) electrons. The highest BCUT2D eigenvalue weighted by molar-refractivity contribution is 7.10. The number of benzene rings is 1. The van der Waals surface area contributed by atoms with Crippen molar-refractivity contribution in [3.8, 4) is 6.07 Å². The van der Waals surface area contributed by atoms with Gasteiger partial charge in [-0.2, -0.15) is 5.26 Å². The van der Waals surface area contributed by atoms with E-state index in [2.05, 4.69) is 11.4 Å². The summed E-state index contributed by atoms with van der Waals surface area (Å²) in [4.78, 5) is 12.3. The van der Waals surface area contributed by atoms with E-state index in [1.54, 1.807) is 12.1 Å². The molecule has 1 heterocycles. The first-order valence-corrected chi connectivity index (χ1v) is 6.60. The number of rotatable bonds is 4. The number of primary amides is 1. The molecule has 1 amide bonds. The van der Waals surface area contributed by atoms with Crippen LogP contribution < -0.4 is 11.1 Å². The number of carbonyl (C=O) groups excluding carboxylic acids is 1. The number of nitrogens with one attached hydrogen (secondary N) is 1. The molecule has 1 aromatic heterocycles. The van der Waals surface area contributed by atoms with Crippen molar-refractivity contribution in [2.24, 2.45) is 5.73 Å². The van der Waals surface area contributed by atoms with Crippen molar-refractivity contribution >= 4 is 22.9 Å². The summed E-state index contributed by atoms with van der Waals surface area (Å²) in [5.41, 5.74) is 8.22. The number of nitriles is 1. The Hall–Kier alpha value is -2.32. The molecule has 96 valence electrons. The van der Waals surface area contributed by atoms with Gasteiger partial charge in [-0.25, -0.2) is 0 Å². The Morgan fingerprint density at radius 1 is 1.53 bits per heavy atom. The number of nitrogens with zero attached hydrogens (tertiary/aromatic N) is 1. The molecule has 0 aliphatic carbocycles. The number of thiophene rings is 1. The van der Waals surface area contributed by atoms with E-state index in [4.69, 9.17) is 11.0 Å². The summed E-state index contributed by atoms with van der Waals surface area (Å²) < 4.78 is 0. The van der Waals surface area contributed by atoms with E-state index in [9.17, 15) is 4.79 Å². The highest BCUT2D eigenvalue weighted by atomic mass is 32.1. The van der Waals surface area contributed by atoms with Gasteiger partial charge in [0.15, 0.2) is 0 Å². The summed E-state index contributed by atoms with van der Waals surface area (Å²) in [6.45, 7) is 2.48. The molecule has 0 spiro atoms. The van der Waals surface area contributed by atoms with Gasteiger partial charge in [0.1, 0.15) is 6.07 Å². The van der Waals surface area contributed by atoms with Gasteiger partial charge >= 0.3 is 0 Å². The third-order valence-corrected chi connectivity index (χ3v) is 3.77. The fourth-order valence-electron chi connectivity index (χ4n) is 1.81. The molecule has 2 rings (SSSR count). The van der Waals surface area contributed by atoms with Crippen LogP contribution in [0, 0.1) is 18.3 Å². The molecule has 0 atom stereocenters. The van der Waals surface area contributed by atoms with Gasteiger partial charge in [-0.1, -0.05) is 6.07 Å². The van der Waals surface area contributed by atoms with E-state index < -0.39 is 5.91 Å². The zero-order valence-corrected chi connectivity index (χ0v) is 11.3. The molecule has 0 bridgehead atoms. The Morgan fingerprint density at radius 3 is 2.95 bits per heavy atom. The second-order valence-corrected chi connectivity index (χ2v) is 5.11. The molecule has 0 aliphatic rings. The molecule has 0 aliphatic heterocycles. The van der Waals surface area contributed by atoms with Crippen LogP contribution in [0.4, 0.5) is 5.69 Å². The highest BCUT2D eigenvalue weighted by Gasteiger charge is 2.08. The van der Waals surface area contributed by atoms with Gasteiger partial charge in [0.05, 0.1) is 5.56 Å². The van der Waals surface area contributed by atoms with Gasteiger partial charge < -0.3 is 11.1 Å². The van der Waals surface area contributed by atoms with Gasteiger partial charge in [-0.15, -0.1) is 11.3 Å². The number of amides is 1. The number of hydrogen-bond donors (Lipinski definition) is 2. The van der Waals surface area contributed by atoms with Crippen molar-refractivity contribution in [2.45, 2.75) is 13.5 Å². The molecule has 4 nitrogen and oxygen atoms in total.